The Balaban J connectivity index is 2.14. The van der Waals surface area contributed by atoms with Gasteiger partial charge in [-0.25, -0.2) is 5.43 Å². The Morgan fingerprint density at radius 1 is 1.40 bits per heavy atom. The van der Waals surface area contributed by atoms with Crippen molar-refractivity contribution in [2.24, 2.45) is 5.10 Å². The highest BCUT2D eigenvalue weighted by Crippen LogP contribution is 2.33. The summed E-state index contributed by atoms with van der Waals surface area (Å²) in [6.45, 7) is 0. The van der Waals surface area contributed by atoms with Gasteiger partial charge in [0.05, 0.1) is 22.3 Å². The number of rotatable bonds is 4. The largest absolute Gasteiger partial charge is 0.494 e. The van der Waals surface area contributed by atoms with Crippen LogP contribution in [0.25, 0.3) is 0 Å². The second-order valence-electron chi connectivity index (χ2n) is 3.57. The molecule has 0 fully saturated rings. The van der Waals surface area contributed by atoms with Gasteiger partial charge in [0.2, 0.25) is 5.95 Å². The van der Waals surface area contributed by atoms with E-state index in [0.29, 0.717) is 5.75 Å². The Bertz CT molecular complexity index is 678. The van der Waals surface area contributed by atoms with Crippen molar-refractivity contribution in [2.75, 3.05) is 12.5 Å². The third-order valence-electron chi connectivity index (χ3n) is 2.18. The second-order valence-corrected chi connectivity index (χ2v) is 5.28. The lowest BCUT2D eigenvalue weighted by Gasteiger charge is -2.06. The molecule has 0 radical (unpaired) electrons. The molecule has 0 amide bonds. The molecule has 0 saturated heterocycles. The molecule has 0 aliphatic rings. The van der Waals surface area contributed by atoms with Gasteiger partial charge >= 0.3 is 0 Å². The summed E-state index contributed by atoms with van der Waals surface area (Å²) in [7, 11) is 1.59. The normalized spacial score (nSPS) is 10.8. The van der Waals surface area contributed by atoms with Crippen LogP contribution in [0.15, 0.2) is 37.2 Å². The Morgan fingerprint density at radius 3 is 2.70 bits per heavy atom. The number of methoxy groups -OCH3 is 1. The maximum Gasteiger partial charge on any atom is 0.271 e. The van der Waals surface area contributed by atoms with Gasteiger partial charge in [-0.1, -0.05) is 0 Å². The number of aromatic amines is 1. The maximum atomic E-state index is 11.0. The summed E-state index contributed by atoms with van der Waals surface area (Å²) in [5, 5.41) is 11.1. The van der Waals surface area contributed by atoms with Crippen molar-refractivity contribution in [1.29, 1.82) is 0 Å². The van der Waals surface area contributed by atoms with E-state index in [-0.39, 0.29) is 11.5 Å². The van der Waals surface area contributed by atoms with Crippen molar-refractivity contribution in [3.63, 3.8) is 0 Å². The molecule has 2 aromatic rings. The Kier molecular flexibility index (Phi) is 4.85. The number of H-pyrrole nitrogens is 1. The van der Waals surface area contributed by atoms with E-state index in [4.69, 9.17) is 4.74 Å². The topological polar surface area (TPSA) is 92.3 Å². The molecule has 9 heteroatoms. The summed E-state index contributed by atoms with van der Waals surface area (Å²) in [6, 6.07) is 3.68. The molecule has 0 aliphatic carbocycles. The number of hydrogen-bond donors (Lipinski definition) is 2. The van der Waals surface area contributed by atoms with Gasteiger partial charge < -0.3 is 4.74 Å². The van der Waals surface area contributed by atoms with Gasteiger partial charge in [-0.15, -0.1) is 10.2 Å². The van der Waals surface area contributed by atoms with Crippen LogP contribution in [0.2, 0.25) is 0 Å². The summed E-state index contributed by atoms with van der Waals surface area (Å²) < 4.78 is 6.80. The summed E-state index contributed by atoms with van der Waals surface area (Å²) in [5.41, 5.74) is 3.05. The van der Waals surface area contributed by atoms with Gasteiger partial charge in [-0.2, -0.15) is 5.10 Å². The SMILES string of the molecule is COc1c(Br)cc(/C=N/Nc2nncc(=O)[nH]2)cc1Br. The molecule has 1 heterocycles. The minimum Gasteiger partial charge on any atom is -0.494 e. The van der Waals surface area contributed by atoms with E-state index in [1.807, 2.05) is 12.1 Å². The fourth-order valence-electron chi connectivity index (χ4n) is 1.38. The minimum atomic E-state index is -0.354. The molecule has 0 aliphatic heterocycles. The molecular formula is C11H9Br2N5O2. The van der Waals surface area contributed by atoms with Crippen LogP contribution in [0, 0.1) is 0 Å². The summed E-state index contributed by atoms with van der Waals surface area (Å²) in [4.78, 5) is 13.4. The molecule has 0 spiro atoms. The van der Waals surface area contributed by atoms with Gasteiger partial charge in [0.1, 0.15) is 11.9 Å². The van der Waals surface area contributed by atoms with E-state index in [1.54, 1.807) is 13.3 Å². The fraction of sp³-hybridized carbons (Fsp3) is 0.0909. The quantitative estimate of drug-likeness (QED) is 0.603. The number of benzene rings is 1. The smallest absolute Gasteiger partial charge is 0.271 e. The zero-order valence-electron chi connectivity index (χ0n) is 10.2. The molecule has 0 saturated carbocycles. The molecule has 0 bridgehead atoms. The predicted molar refractivity (Wildman–Crippen MR) is 82.3 cm³/mol. The van der Waals surface area contributed by atoms with Crippen LogP contribution in [0.5, 0.6) is 5.75 Å². The van der Waals surface area contributed by atoms with Crippen molar-refractivity contribution >= 4 is 44.0 Å². The van der Waals surface area contributed by atoms with Gasteiger partial charge in [-0.3, -0.25) is 9.78 Å². The van der Waals surface area contributed by atoms with Crippen molar-refractivity contribution < 1.29 is 4.74 Å². The highest BCUT2D eigenvalue weighted by Gasteiger charge is 2.06. The van der Waals surface area contributed by atoms with Gasteiger partial charge in [0.25, 0.3) is 5.56 Å². The average molecular weight is 403 g/mol. The zero-order chi connectivity index (χ0) is 14.5. The van der Waals surface area contributed by atoms with Crippen molar-refractivity contribution in [3.05, 3.63) is 43.2 Å². The average Bonchev–Trinajstić information content (AvgIpc) is 2.38. The third kappa shape index (κ3) is 3.64. The predicted octanol–water partition coefficient (Wildman–Crippen LogP) is 2.14. The summed E-state index contributed by atoms with van der Waals surface area (Å²) >= 11 is 6.80. The van der Waals surface area contributed by atoms with Gasteiger partial charge in [0.15, 0.2) is 0 Å². The molecule has 0 atom stereocenters. The molecule has 20 heavy (non-hydrogen) atoms. The third-order valence-corrected chi connectivity index (χ3v) is 3.36. The van der Waals surface area contributed by atoms with Crippen LogP contribution in [0.1, 0.15) is 5.56 Å². The number of anilines is 1. The number of hydrazone groups is 1. The summed E-state index contributed by atoms with van der Waals surface area (Å²) in [6.07, 6.45) is 2.65. The lowest BCUT2D eigenvalue weighted by Crippen LogP contribution is -2.10. The van der Waals surface area contributed by atoms with Gasteiger partial charge in [0, 0.05) is 0 Å². The molecule has 0 unspecified atom stereocenters. The minimum absolute atomic E-state index is 0.167. The zero-order valence-corrected chi connectivity index (χ0v) is 13.4. The number of aromatic nitrogens is 3. The van der Waals surface area contributed by atoms with Crippen molar-refractivity contribution in [3.8, 4) is 5.75 Å². The molecule has 7 nitrogen and oxygen atoms in total. The molecule has 1 aromatic heterocycles. The molecule has 104 valence electrons. The lowest BCUT2D eigenvalue weighted by molar-refractivity contribution is 0.409. The Hall–Kier alpha value is -1.74. The first-order chi connectivity index (χ1) is 9.60. The number of ether oxygens (including phenoxy) is 1. The van der Waals surface area contributed by atoms with E-state index >= 15 is 0 Å². The Labute approximate surface area is 130 Å². The van der Waals surface area contributed by atoms with Gasteiger partial charge in [-0.05, 0) is 49.6 Å². The first-order valence-corrected chi connectivity index (χ1v) is 6.93. The fourth-order valence-corrected chi connectivity index (χ4v) is 2.93. The molecule has 2 rings (SSSR count). The number of halogens is 2. The first-order valence-electron chi connectivity index (χ1n) is 5.34. The Morgan fingerprint density at radius 2 is 2.10 bits per heavy atom. The van der Waals surface area contributed by atoms with Crippen LogP contribution in [-0.4, -0.2) is 28.5 Å². The lowest BCUT2D eigenvalue weighted by atomic mass is 10.2. The van der Waals surface area contributed by atoms with Crippen LogP contribution in [0.4, 0.5) is 5.95 Å². The molecule has 1 aromatic carbocycles. The first kappa shape index (κ1) is 14.7. The second kappa shape index (κ2) is 6.62. The number of hydrogen-bond acceptors (Lipinski definition) is 6. The van der Waals surface area contributed by atoms with Crippen LogP contribution in [0.3, 0.4) is 0 Å². The van der Waals surface area contributed by atoms with Crippen LogP contribution >= 0.6 is 31.9 Å². The number of nitrogens with zero attached hydrogens (tertiary/aromatic N) is 3. The molecule has 2 N–H and O–H groups in total. The number of nitrogens with one attached hydrogen (secondary N) is 2. The van der Waals surface area contributed by atoms with E-state index in [9.17, 15) is 4.79 Å². The van der Waals surface area contributed by atoms with Crippen molar-refractivity contribution in [2.45, 2.75) is 0 Å². The monoisotopic (exact) mass is 401 g/mol. The van der Waals surface area contributed by atoms with E-state index in [0.717, 1.165) is 20.7 Å². The van der Waals surface area contributed by atoms with Crippen molar-refractivity contribution in [1.82, 2.24) is 15.2 Å². The van der Waals surface area contributed by atoms with Crippen LogP contribution in [-0.2, 0) is 0 Å². The highest BCUT2D eigenvalue weighted by molar-refractivity contribution is 9.11. The molecular weight excluding hydrogens is 394 g/mol. The standard InChI is InChI=1S/C11H9Br2N5O2/c1-20-10-7(12)2-6(3-8(10)13)4-14-17-11-16-9(19)5-15-18-11/h2-5H,1H3,(H2,16,17,18,19)/b14-4+. The van der Waals surface area contributed by atoms with Crippen LogP contribution < -0.4 is 15.7 Å². The highest BCUT2D eigenvalue weighted by atomic mass is 79.9. The van der Waals surface area contributed by atoms with E-state index in [1.165, 1.54) is 0 Å². The van der Waals surface area contributed by atoms with E-state index < -0.39 is 0 Å². The summed E-state index contributed by atoms with van der Waals surface area (Å²) in [5.74, 6) is 0.869. The van der Waals surface area contributed by atoms with E-state index in [2.05, 4.69) is 57.6 Å². The maximum absolute atomic E-state index is 11.0.